The molecule has 3 unspecified atom stereocenters. The van der Waals surface area contributed by atoms with Gasteiger partial charge < -0.3 is 20.6 Å². The molecule has 0 aromatic rings. The fraction of sp³-hybridized carbons (Fsp3) is 0.877. The first-order valence-corrected chi connectivity index (χ1v) is 27.8. The molecule has 3 atom stereocenters. The Morgan fingerprint density at radius 3 is 1.03 bits per heavy atom. The minimum atomic E-state index is -1.16. The first kappa shape index (κ1) is 60.6. The largest absolute Gasteiger partial charge is 0.394 e. The van der Waals surface area contributed by atoms with Crippen molar-refractivity contribution in [1.82, 2.24) is 5.32 Å². The lowest BCUT2D eigenvalue weighted by atomic mass is 10.0. The molecule has 0 aliphatic heterocycles. The average molecular weight is 873 g/mol. The van der Waals surface area contributed by atoms with Crippen LogP contribution in [0.1, 0.15) is 296 Å². The van der Waals surface area contributed by atoms with E-state index in [1.165, 1.54) is 225 Å². The molecule has 0 spiro atoms. The fourth-order valence-electron chi connectivity index (χ4n) is 8.67. The minimum Gasteiger partial charge on any atom is -0.394 e. The number of unbranched alkanes of at least 4 members (excludes halogenated alkanes) is 37. The molecule has 0 saturated carbocycles. The van der Waals surface area contributed by atoms with Crippen molar-refractivity contribution in [3.63, 3.8) is 0 Å². The van der Waals surface area contributed by atoms with E-state index in [4.69, 9.17) is 0 Å². The molecule has 62 heavy (non-hydrogen) atoms. The molecule has 0 saturated heterocycles. The predicted octanol–water partition coefficient (Wildman–Crippen LogP) is 17.1. The molecule has 0 heterocycles. The number of hydrogen-bond acceptors (Lipinski definition) is 4. The van der Waals surface area contributed by atoms with Crippen molar-refractivity contribution < 1.29 is 20.1 Å². The van der Waals surface area contributed by atoms with Gasteiger partial charge in [0.15, 0.2) is 0 Å². The molecule has 5 heteroatoms. The van der Waals surface area contributed by atoms with Gasteiger partial charge in [-0.1, -0.05) is 256 Å². The van der Waals surface area contributed by atoms with Gasteiger partial charge in [-0.15, -0.1) is 0 Å². The van der Waals surface area contributed by atoms with Crippen molar-refractivity contribution >= 4 is 5.91 Å². The van der Waals surface area contributed by atoms with Gasteiger partial charge in [-0.25, -0.2) is 0 Å². The summed E-state index contributed by atoms with van der Waals surface area (Å²) in [5.41, 5.74) is 0. The van der Waals surface area contributed by atoms with Gasteiger partial charge in [0.25, 0.3) is 0 Å². The van der Waals surface area contributed by atoms with E-state index in [1.54, 1.807) is 0 Å². The highest BCUT2D eigenvalue weighted by atomic mass is 16.3. The Bertz CT molecular complexity index is 962. The average Bonchev–Trinajstić information content (AvgIpc) is 3.28. The van der Waals surface area contributed by atoms with Gasteiger partial charge >= 0.3 is 0 Å². The van der Waals surface area contributed by atoms with Crippen LogP contribution in [0.5, 0.6) is 0 Å². The summed E-state index contributed by atoms with van der Waals surface area (Å²) in [5.74, 6) is -0.151. The molecule has 0 rings (SSSR count). The molecule has 0 fully saturated rings. The van der Waals surface area contributed by atoms with E-state index in [0.717, 1.165) is 44.9 Å². The molecule has 0 radical (unpaired) electrons. The molecular formula is C57H109NO4. The number of aliphatic hydroxyl groups excluding tert-OH is 3. The van der Waals surface area contributed by atoms with Crippen molar-refractivity contribution in [3.8, 4) is 0 Å². The Morgan fingerprint density at radius 1 is 0.403 bits per heavy atom. The van der Waals surface area contributed by atoms with Crippen LogP contribution < -0.4 is 5.32 Å². The fourth-order valence-corrected chi connectivity index (χ4v) is 8.67. The van der Waals surface area contributed by atoms with Crippen LogP contribution in [0, 0.1) is 0 Å². The zero-order chi connectivity index (χ0) is 45.1. The Balaban J connectivity index is 3.54. The number of aliphatic hydroxyl groups is 3. The maximum atomic E-state index is 12.5. The van der Waals surface area contributed by atoms with E-state index < -0.39 is 18.2 Å². The Labute approximate surface area is 387 Å². The summed E-state index contributed by atoms with van der Waals surface area (Å²) in [6.45, 7) is 4.19. The van der Waals surface area contributed by atoms with Crippen LogP contribution in [-0.4, -0.2) is 46.1 Å². The van der Waals surface area contributed by atoms with Crippen molar-refractivity contribution in [1.29, 1.82) is 0 Å². The standard InChI is InChI=1S/C57H109NO4/c1-3-5-7-9-11-13-15-17-19-21-22-23-24-25-26-27-28-29-30-31-32-33-34-36-38-40-42-44-46-48-50-52-56(61)58-54(53-59)57(62)55(60)51-49-47-45-43-41-39-37-35-20-18-16-14-12-10-8-6-4-2/h22-23,25-26,43,45,54-55,57,59-60,62H,3-21,24,27-42,44,46-53H2,1-2H3,(H,58,61)/b23-22-,26-25-,45-43+. The van der Waals surface area contributed by atoms with E-state index in [1.807, 2.05) is 0 Å². The molecule has 0 aliphatic rings. The minimum absolute atomic E-state index is 0.151. The zero-order valence-corrected chi connectivity index (χ0v) is 41.8. The molecule has 4 N–H and O–H groups in total. The first-order chi connectivity index (χ1) is 30.6. The highest BCUT2D eigenvalue weighted by Gasteiger charge is 2.26. The van der Waals surface area contributed by atoms with Crippen LogP contribution in [0.2, 0.25) is 0 Å². The topological polar surface area (TPSA) is 89.8 Å². The Hall–Kier alpha value is -1.43. The summed E-state index contributed by atoms with van der Waals surface area (Å²) in [6.07, 6.45) is 67.3. The molecule has 0 bridgehead atoms. The van der Waals surface area contributed by atoms with Gasteiger partial charge in [0.2, 0.25) is 5.91 Å². The quantitative estimate of drug-likeness (QED) is 0.0362. The second-order valence-electron chi connectivity index (χ2n) is 19.1. The van der Waals surface area contributed by atoms with Crippen LogP contribution in [-0.2, 0) is 4.79 Å². The number of hydrogen-bond donors (Lipinski definition) is 4. The SMILES string of the molecule is CCCCCCCCCCC/C=C\C/C=C\CCCCCCCCCCCCCCCCCC(=O)NC(CO)C(O)C(O)CCC/C=C/CCCCCCCCCCCCCC. The van der Waals surface area contributed by atoms with E-state index in [2.05, 4.69) is 55.6 Å². The number of rotatable bonds is 51. The summed E-state index contributed by atoms with van der Waals surface area (Å²) in [6, 6.07) is -0.826. The van der Waals surface area contributed by atoms with Crippen LogP contribution in [0.15, 0.2) is 36.5 Å². The lowest BCUT2D eigenvalue weighted by Crippen LogP contribution is -2.50. The van der Waals surface area contributed by atoms with Crippen molar-refractivity contribution in [2.24, 2.45) is 0 Å². The Morgan fingerprint density at radius 2 is 0.694 bits per heavy atom. The zero-order valence-electron chi connectivity index (χ0n) is 41.8. The lowest BCUT2D eigenvalue weighted by Gasteiger charge is -2.26. The van der Waals surface area contributed by atoms with Crippen LogP contribution in [0.3, 0.4) is 0 Å². The van der Waals surface area contributed by atoms with E-state index in [0.29, 0.717) is 12.8 Å². The molecular weight excluding hydrogens is 763 g/mol. The van der Waals surface area contributed by atoms with Gasteiger partial charge in [-0.05, 0) is 70.6 Å². The van der Waals surface area contributed by atoms with E-state index >= 15 is 0 Å². The van der Waals surface area contributed by atoms with Crippen LogP contribution in [0.25, 0.3) is 0 Å². The van der Waals surface area contributed by atoms with Crippen molar-refractivity contribution in [2.75, 3.05) is 6.61 Å². The van der Waals surface area contributed by atoms with E-state index in [-0.39, 0.29) is 12.5 Å². The van der Waals surface area contributed by atoms with Crippen LogP contribution in [0.4, 0.5) is 0 Å². The molecule has 0 aromatic carbocycles. The van der Waals surface area contributed by atoms with Gasteiger partial charge in [-0.3, -0.25) is 4.79 Å². The third kappa shape index (κ3) is 46.6. The van der Waals surface area contributed by atoms with Gasteiger partial charge in [0, 0.05) is 6.42 Å². The maximum Gasteiger partial charge on any atom is 0.220 e. The summed E-state index contributed by atoms with van der Waals surface area (Å²) in [5, 5.41) is 33.7. The molecule has 1 amide bonds. The first-order valence-electron chi connectivity index (χ1n) is 27.8. The second-order valence-corrected chi connectivity index (χ2v) is 19.1. The van der Waals surface area contributed by atoms with Crippen LogP contribution >= 0.6 is 0 Å². The summed E-state index contributed by atoms with van der Waals surface area (Å²) in [4.78, 5) is 12.5. The summed E-state index contributed by atoms with van der Waals surface area (Å²) in [7, 11) is 0. The monoisotopic (exact) mass is 872 g/mol. The number of carbonyl (C=O) groups excluding carboxylic acids is 1. The molecule has 5 nitrogen and oxygen atoms in total. The number of allylic oxidation sites excluding steroid dienone is 6. The number of nitrogens with one attached hydrogen (secondary N) is 1. The smallest absolute Gasteiger partial charge is 0.220 e. The van der Waals surface area contributed by atoms with E-state index in [9.17, 15) is 20.1 Å². The predicted molar refractivity (Wildman–Crippen MR) is 273 cm³/mol. The molecule has 366 valence electrons. The maximum absolute atomic E-state index is 12.5. The van der Waals surface area contributed by atoms with Gasteiger partial charge in [0.05, 0.1) is 18.8 Å². The molecule has 0 aliphatic carbocycles. The summed E-state index contributed by atoms with van der Waals surface area (Å²) >= 11 is 0. The van der Waals surface area contributed by atoms with Gasteiger partial charge in [-0.2, -0.15) is 0 Å². The second kappa shape index (κ2) is 52.2. The Kier molecular flexibility index (Phi) is 51.0. The normalized spacial score (nSPS) is 13.6. The third-order valence-electron chi connectivity index (χ3n) is 13.0. The highest BCUT2D eigenvalue weighted by molar-refractivity contribution is 5.76. The number of carbonyl (C=O) groups is 1. The van der Waals surface area contributed by atoms with Crippen molar-refractivity contribution in [2.45, 2.75) is 315 Å². The third-order valence-corrected chi connectivity index (χ3v) is 13.0. The lowest BCUT2D eigenvalue weighted by molar-refractivity contribution is -0.124. The number of amides is 1. The summed E-state index contributed by atoms with van der Waals surface area (Å²) < 4.78 is 0. The van der Waals surface area contributed by atoms with Crippen molar-refractivity contribution in [3.05, 3.63) is 36.5 Å². The highest BCUT2D eigenvalue weighted by Crippen LogP contribution is 2.17. The van der Waals surface area contributed by atoms with Gasteiger partial charge in [0.1, 0.15) is 6.10 Å². The molecule has 0 aromatic heterocycles.